The van der Waals surface area contributed by atoms with Crippen molar-refractivity contribution in [1.29, 1.82) is 0 Å². The van der Waals surface area contributed by atoms with E-state index < -0.39 is 17.1 Å². The summed E-state index contributed by atoms with van der Waals surface area (Å²) < 4.78 is 0.651. The number of fused-ring (bicyclic) bond motifs is 1. The lowest BCUT2D eigenvalue weighted by Crippen LogP contribution is -2.56. The molecule has 0 spiro atoms. The van der Waals surface area contributed by atoms with Crippen LogP contribution in [-0.2, 0) is 0 Å². The van der Waals surface area contributed by atoms with Crippen LogP contribution in [0.3, 0.4) is 0 Å². The van der Waals surface area contributed by atoms with E-state index in [4.69, 9.17) is 11.6 Å². The highest BCUT2D eigenvalue weighted by molar-refractivity contribution is 9.10. The first-order chi connectivity index (χ1) is 12.8. The molecular formula is C16H16BrClN4O5. The zero-order valence-corrected chi connectivity index (χ0v) is 16.6. The summed E-state index contributed by atoms with van der Waals surface area (Å²) in [6, 6.07) is 0.975. The van der Waals surface area contributed by atoms with Gasteiger partial charge in [0.2, 0.25) is 0 Å². The van der Waals surface area contributed by atoms with E-state index in [0.29, 0.717) is 20.4 Å². The Kier molecular flexibility index (Phi) is 5.41. The SMILES string of the molecule is Cc1c(Br)c(Cl)cc2c(N3CCN(C(=O)O)C[C@@H]3CO)c([N+](=O)[O-])cnc12. The lowest BCUT2D eigenvalue weighted by molar-refractivity contribution is -0.384. The van der Waals surface area contributed by atoms with Crippen LogP contribution in [-0.4, -0.2) is 63.4 Å². The van der Waals surface area contributed by atoms with Crippen molar-refractivity contribution in [2.75, 3.05) is 31.1 Å². The fourth-order valence-electron chi connectivity index (χ4n) is 3.33. The molecule has 0 bridgehead atoms. The van der Waals surface area contributed by atoms with Gasteiger partial charge in [-0.05, 0) is 34.5 Å². The monoisotopic (exact) mass is 458 g/mol. The standard InChI is InChI=1S/C16H16BrClN4O5/c1-8-13(17)11(18)4-10-14(8)19-5-12(22(26)27)15(10)21-3-2-20(16(24)25)6-9(21)7-23/h4-5,9,23H,2-3,6-7H2,1H3,(H,24,25)/t9-/m1/s1. The van der Waals surface area contributed by atoms with Gasteiger partial charge in [0.05, 0.1) is 28.1 Å². The number of carboxylic acid groups (broad SMARTS) is 1. The number of amides is 1. The predicted octanol–water partition coefficient (Wildman–Crippen LogP) is 3.03. The molecule has 1 aliphatic rings. The molecule has 1 atom stereocenters. The van der Waals surface area contributed by atoms with Crippen molar-refractivity contribution >= 4 is 55.9 Å². The van der Waals surface area contributed by atoms with Gasteiger partial charge in [-0.2, -0.15) is 0 Å². The minimum Gasteiger partial charge on any atom is -0.465 e. The summed E-state index contributed by atoms with van der Waals surface area (Å²) in [5, 5.41) is 31.5. The molecule has 0 unspecified atom stereocenters. The molecule has 0 aliphatic carbocycles. The van der Waals surface area contributed by atoms with Crippen LogP contribution in [0, 0.1) is 17.0 Å². The Balaban J connectivity index is 2.23. The number of hydrogen-bond acceptors (Lipinski definition) is 6. The average Bonchev–Trinajstić information content (AvgIpc) is 2.64. The maximum absolute atomic E-state index is 11.6. The fraction of sp³-hybridized carbons (Fsp3) is 0.375. The van der Waals surface area contributed by atoms with Gasteiger partial charge in [0.15, 0.2) is 0 Å². The number of anilines is 1. The molecule has 1 aliphatic heterocycles. The van der Waals surface area contributed by atoms with Crippen molar-refractivity contribution in [2.24, 2.45) is 0 Å². The van der Waals surface area contributed by atoms with E-state index in [0.717, 1.165) is 5.56 Å². The summed E-state index contributed by atoms with van der Waals surface area (Å²) in [5.74, 6) is 0. The van der Waals surface area contributed by atoms with Crippen LogP contribution in [0.1, 0.15) is 5.56 Å². The number of benzene rings is 1. The summed E-state index contributed by atoms with van der Waals surface area (Å²) in [6.07, 6.45) is 0.0910. The minimum absolute atomic E-state index is 0.0377. The molecule has 11 heteroatoms. The van der Waals surface area contributed by atoms with Gasteiger partial charge in [0.25, 0.3) is 0 Å². The van der Waals surface area contributed by atoms with E-state index in [1.54, 1.807) is 17.9 Å². The second-order valence-corrected chi connectivity index (χ2v) is 7.40. The van der Waals surface area contributed by atoms with Gasteiger partial charge < -0.3 is 20.0 Å². The molecule has 9 nitrogen and oxygen atoms in total. The molecule has 0 saturated carbocycles. The maximum atomic E-state index is 11.6. The fourth-order valence-corrected chi connectivity index (χ4v) is 3.88. The molecule has 2 N–H and O–H groups in total. The van der Waals surface area contributed by atoms with Crippen LogP contribution in [0.2, 0.25) is 5.02 Å². The first kappa shape index (κ1) is 19.6. The zero-order valence-electron chi connectivity index (χ0n) is 14.2. The number of aryl methyl sites for hydroxylation is 1. The number of halogens is 2. The Hall–Kier alpha value is -2.17. The van der Waals surface area contributed by atoms with E-state index in [9.17, 15) is 25.1 Å². The molecule has 3 rings (SSSR count). The topological polar surface area (TPSA) is 120 Å². The Morgan fingerprint density at radius 3 is 2.81 bits per heavy atom. The molecule has 1 aromatic heterocycles. The van der Waals surface area contributed by atoms with E-state index >= 15 is 0 Å². The normalized spacial score (nSPS) is 17.4. The highest BCUT2D eigenvalue weighted by Crippen LogP contribution is 2.41. The van der Waals surface area contributed by atoms with Crippen molar-refractivity contribution < 1.29 is 19.9 Å². The van der Waals surface area contributed by atoms with Crippen molar-refractivity contribution in [1.82, 2.24) is 9.88 Å². The molecule has 1 fully saturated rings. The summed E-state index contributed by atoms with van der Waals surface area (Å²) in [7, 11) is 0. The van der Waals surface area contributed by atoms with E-state index in [1.807, 2.05) is 0 Å². The molecule has 27 heavy (non-hydrogen) atoms. The highest BCUT2D eigenvalue weighted by Gasteiger charge is 2.34. The number of piperazine rings is 1. The van der Waals surface area contributed by atoms with Crippen molar-refractivity contribution in [3.63, 3.8) is 0 Å². The number of nitro groups is 1. The summed E-state index contributed by atoms with van der Waals surface area (Å²) >= 11 is 9.66. The van der Waals surface area contributed by atoms with Gasteiger partial charge >= 0.3 is 11.8 Å². The van der Waals surface area contributed by atoms with Gasteiger partial charge in [-0.3, -0.25) is 10.1 Å². The van der Waals surface area contributed by atoms with Gasteiger partial charge in [0.1, 0.15) is 11.9 Å². The average molecular weight is 460 g/mol. The van der Waals surface area contributed by atoms with Crippen LogP contribution in [0.15, 0.2) is 16.7 Å². The number of aliphatic hydroxyl groups is 1. The Labute approximate surface area is 167 Å². The Morgan fingerprint density at radius 2 is 2.22 bits per heavy atom. The number of aromatic nitrogens is 1. The number of hydrogen-bond donors (Lipinski definition) is 2. The molecule has 1 saturated heterocycles. The van der Waals surface area contributed by atoms with Crippen LogP contribution >= 0.6 is 27.5 Å². The smallest absolute Gasteiger partial charge is 0.407 e. The first-order valence-electron chi connectivity index (χ1n) is 8.03. The number of rotatable bonds is 3. The highest BCUT2D eigenvalue weighted by atomic mass is 79.9. The number of nitrogens with zero attached hydrogens (tertiary/aromatic N) is 4. The van der Waals surface area contributed by atoms with E-state index in [1.165, 1.54) is 11.1 Å². The van der Waals surface area contributed by atoms with Gasteiger partial charge in [0, 0.05) is 29.5 Å². The van der Waals surface area contributed by atoms with E-state index in [2.05, 4.69) is 20.9 Å². The maximum Gasteiger partial charge on any atom is 0.407 e. The molecule has 0 radical (unpaired) electrons. The summed E-state index contributed by atoms with van der Waals surface area (Å²) in [6.45, 7) is 1.84. The van der Waals surface area contributed by atoms with Gasteiger partial charge in [-0.25, -0.2) is 9.78 Å². The molecule has 2 aromatic rings. The largest absolute Gasteiger partial charge is 0.465 e. The van der Waals surface area contributed by atoms with Gasteiger partial charge in [-0.1, -0.05) is 11.6 Å². The van der Waals surface area contributed by atoms with Gasteiger partial charge in [-0.15, -0.1) is 0 Å². The number of aliphatic hydroxyl groups excluding tert-OH is 1. The van der Waals surface area contributed by atoms with Crippen molar-refractivity contribution in [3.8, 4) is 0 Å². The lowest BCUT2D eigenvalue weighted by atomic mass is 10.0. The summed E-state index contributed by atoms with van der Waals surface area (Å²) in [5.41, 5.74) is 1.34. The van der Waals surface area contributed by atoms with Crippen LogP contribution in [0.5, 0.6) is 0 Å². The van der Waals surface area contributed by atoms with E-state index in [-0.39, 0.29) is 37.6 Å². The third-order valence-electron chi connectivity index (χ3n) is 4.68. The van der Waals surface area contributed by atoms with Crippen LogP contribution in [0.25, 0.3) is 10.9 Å². The van der Waals surface area contributed by atoms with Crippen molar-refractivity contribution in [3.05, 3.63) is 37.4 Å². The lowest BCUT2D eigenvalue weighted by Gasteiger charge is -2.41. The van der Waals surface area contributed by atoms with Crippen LogP contribution < -0.4 is 4.90 Å². The predicted molar refractivity (Wildman–Crippen MR) is 104 cm³/mol. The number of pyridine rings is 1. The second kappa shape index (κ2) is 7.45. The number of carbonyl (C=O) groups is 1. The second-order valence-electron chi connectivity index (χ2n) is 6.20. The molecule has 1 amide bonds. The summed E-state index contributed by atoms with van der Waals surface area (Å²) in [4.78, 5) is 29.4. The molecule has 2 heterocycles. The first-order valence-corrected chi connectivity index (χ1v) is 9.20. The third kappa shape index (κ3) is 3.40. The zero-order chi connectivity index (χ0) is 19.9. The molecule has 144 valence electrons. The van der Waals surface area contributed by atoms with Crippen LogP contribution in [0.4, 0.5) is 16.2 Å². The quantitative estimate of drug-likeness (QED) is 0.534. The Morgan fingerprint density at radius 1 is 1.52 bits per heavy atom. The third-order valence-corrected chi connectivity index (χ3v) is 6.23. The Bertz CT molecular complexity index is 941. The molecule has 1 aromatic carbocycles. The molecular weight excluding hydrogens is 444 g/mol. The minimum atomic E-state index is -1.09. The van der Waals surface area contributed by atoms with Crippen molar-refractivity contribution in [2.45, 2.75) is 13.0 Å².